The Morgan fingerprint density at radius 1 is 1.50 bits per heavy atom. The summed E-state index contributed by atoms with van der Waals surface area (Å²) in [6.07, 6.45) is 6.02. The summed E-state index contributed by atoms with van der Waals surface area (Å²) in [5, 5.41) is 3.04. The Morgan fingerprint density at radius 2 is 2.17 bits per heavy atom. The smallest absolute Gasteiger partial charge is 0.237 e. The van der Waals surface area contributed by atoms with Crippen LogP contribution in [0.3, 0.4) is 0 Å². The largest absolute Gasteiger partial charge is 0.368 e. The van der Waals surface area contributed by atoms with Gasteiger partial charge in [-0.15, -0.1) is 0 Å². The number of carbonyl (C=O) groups excluding carboxylic acids is 1. The number of likely N-dealkylation sites (N-methyl/N-ethyl adjacent to an activating group) is 1. The van der Waals surface area contributed by atoms with Gasteiger partial charge in [-0.2, -0.15) is 0 Å². The molecule has 1 aliphatic carbocycles. The number of nitrogens with zero attached hydrogens (tertiary/aromatic N) is 1. The lowest BCUT2D eigenvalue weighted by Crippen LogP contribution is -2.53. The van der Waals surface area contributed by atoms with Gasteiger partial charge >= 0.3 is 0 Å². The standard InChI is InChI=1S/C14H29N3O/c1-11-6-5-7-12(10-11)17(4)9-8-14(2,16-3)13(15)18/h11-12,16H,5-10H2,1-4H3,(H2,15,18). The number of primary amides is 1. The second kappa shape index (κ2) is 6.53. The average molecular weight is 255 g/mol. The second-order valence-corrected chi connectivity index (χ2v) is 6.10. The topological polar surface area (TPSA) is 58.4 Å². The van der Waals surface area contributed by atoms with Gasteiger partial charge < -0.3 is 16.0 Å². The molecule has 1 fully saturated rings. The molecule has 3 atom stereocenters. The third-order valence-corrected chi connectivity index (χ3v) is 4.59. The van der Waals surface area contributed by atoms with Crippen LogP contribution in [0.1, 0.15) is 46.0 Å². The first-order valence-electron chi connectivity index (χ1n) is 7.08. The van der Waals surface area contributed by atoms with Crippen LogP contribution < -0.4 is 11.1 Å². The highest BCUT2D eigenvalue weighted by molar-refractivity contribution is 5.84. The van der Waals surface area contributed by atoms with Crippen molar-refractivity contribution in [2.75, 3.05) is 20.6 Å². The van der Waals surface area contributed by atoms with Crippen molar-refractivity contribution in [2.24, 2.45) is 11.7 Å². The van der Waals surface area contributed by atoms with Gasteiger partial charge in [-0.3, -0.25) is 4.79 Å². The fourth-order valence-electron chi connectivity index (χ4n) is 2.76. The fourth-order valence-corrected chi connectivity index (χ4v) is 2.76. The van der Waals surface area contributed by atoms with E-state index in [0.717, 1.165) is 18.9 Å². The Hall–Kier alpha value is -0.610. The highest BCUT2D eigenvalue weighted by Gasteiger charge is 2.30. The number of hydrogen-bond acceptors (Lipinski definition) is 3. The number of rotatable bonds is 6. The summed E-state index contributed by atoms with van der Waals surface area (Å²) >= 11 is 0. The minimum Gasteiger partial charge on any atom is -0.368 e. The van der Waals surface area contributed by atoms with Crippen molar-refractivity contribution in [2.45, 2.75) is 57.5 Å². The maximum atomic E-state index is 11.4. The van der Waals surface area contributed by atoms with Crippen molar-refractivity contribution >= 4 is 5.91 Å². The number of amides is 1. The molecule has 1 rings (SSSR count). The summed E-state index contributed by atoms with van der Waals surface area (Å²) in [7, 11) is 3.97. The summed E-state index contributed by atoms with van der Waals surface area (Å²) in [4.78, 5) is 13.8. The zero-order valence-corrected chi connectivity index (χ0v) is 12.3. The number of hydrogen-bond donors (Lipinski definition) is 2. The van der Waals surface area contributed by atoms with Gasteiger partial charge in [0.2, 0.25) is 5.91 Å². The molecule has 4 heteroatoms. The molecule has 0 bridgehead atoms. The van der Waals surface area contributed by atoms with Crippen LogP contribution in [-0.2, 0) is 4.79 Å². The molecule has 0 spiro atoms. The number of nitrogens with one attached hydrogen (secondary N) is 1. The molecular weight excluding hydrogens is 226 g/mol. The predicted octanol–water partition coefficient (Wildman–Crippen LogP) is 1.35. The quantitative estimate of drug-likeness (QED) is 0.753. The van der Waals surface area contributed by atoms with E-state index >= 15 is 0 Å². The third-order valence-electron chi connectivity index (χ3n) is 4.59. The Labute approximate surface area is 111 Å². The van der Waals surface area contributed by atoms with Gasteiger partial charge in [0.25, 0.3) is 0 Å². The lowest BCUT2D eigenvalue weighted by molar-refractivity contribution is -0.124. The monoisotopic (exact) mass is 255 g/mol. The van der Waals surface area contributed by atoms with Crippen LogP contribution in [0.15, 0.2) is 0 Å². The Bertz CT molecular complexity index is 282. The Morgan fingerprint density at radius 3 is 2.67 bits per heavy atom. The first-order valence-corrected chi connectivity index (χ1v) is 7.08. The molecule has 0 saturated heterocycles. The van der Waals surface area contributed by atoms with E-state index in [-0.39, 0.29) is 5.91 Å². The van der Waals surface area contributed by atoms with Crippen LogP contribution in [-0.4, -0.2) is 43.0 Å². The van der Waals surface area contributed by atoms with E-state index in [1.165, 1.54) is 25.7 Å². The van der Waals surface area contributed by atoms with Gasteiger partial charge in [-0.25, -0.2) is 0 Å². The molecule has 1 amide bonds. The van der Waals surface area contributed by atoms with E-state index in [1.807, 2.05) is 6.92 Å². The van der Waals surface area contributed by atoms with Crippen molar-refractivity contribution in [3.8, 4) is 0 Å². The molecule has 0 aromatic rings. The van der Waals surface area contributed by atoms with E-state index < -0.39 is 5.54 Å². The van der Waals surface area contributed by atoms with Crippen LogP contribution in [0, 0.1) is 5.92 Å². The molecule has 3 N–H and O–H groups in total. The summed E-state index contributed by atoms with van der Waals surface area (Å²) in [6.45, 7) is 5.13. The summed E-state index contributed by atoms with van der Waals surface area (Å²) in [5.41, 5.74) is 4.86. The van der Waals surface area contributed by atoms with Crippen molar-refractivity contribution in [1.29, 1.82) is 0 Å². The molecule has 0 heterocycles. The van der Waals surface area contributed by atoms with Gasteiger partial charge in [0.1, 0.15) is 0 Å². The molecular formula is C14H29N3O. The van der Waals surface area contributed by atoms with Crippen LogP contribution in [0.4, 0.5) is 0 Å². The third kappa shape index (κ3) is 3.95. The lowest BCUT2D eigenvalue weighted by atomic mass is 9.86. The lowest BCUT2D eigenvalue weighted by Gasteiger charge is -2.36. The molecule has 0 aromatic heterocycles. The fraction of sp³-hybridized carbons (Fsp3) is 0.929. The van der Waals surface area contributed by atoms with E-state index in [9.17, 15) is 4.79 Å². The minimum absolute atomic E-state index is 0.268. The van der Waals surface area contributed by atoms with Crippen LogP contribution in [0.2, 0.25) is 0 Å². The van der Waals surface area contributed by atoms with E-state index in [2.05, 4.69) is 24.2 Å². The van der Waals surface area contributed by atoms with Gasteiger partial charge in [-0.05, 0) is 46.2 Å². The SMILES string of the molecule is CNC(C)(CCN(C)C1CCCC(C)C1)C(N)=O. The molecule has 1 aliphatic rings. The molecule has 18 heavy (non-hydrogen) atoms. The van der Waals surface area contributed by atoms with Crippen molar-refractivity contribution < 1.29 is 4.79 Å². The van der Waals surface area contributed by atoms with Gasteiger partial charge in [0.15, 0.2) is 0 Å². The zero-order chi connectivity index (χ0) is 13.8. The average Bonchev–Trinajstić information content (AvgIpc) is 2.35. The molecule has 0 radical (unpaired) electrons. The molecule has 106 valence electrons. The maximum Gasteiger partial charge on any atom is 0.237 e. The van der Waals surface area contributed by atoms with Crippen molar-refractivity contribution in [3.63, 3.8) is 0 Å². The molecule has 0 aliphatic heterocycles. The minimum atomic E-state index is -0.589. The summed E-state index contributed by atoms with van der Waals surface area (Å²) in [5.74, 6) is 0.563. The van der Waals surface area contributed by atoms with Gasteiger partial charge in [0.05, 0.1) is 5.54 Å². The first-order chi connectivity index (χ1) is 8.39. The first kappa shape index (κ1) is 15.4. The van der Waals surface area contributed by atoms with E-state index in [4.69, 9.17) is 5.73 Å². The van der Waals surface area contributed by atoms with Crippen LogP contribution >= 0.6 is 0 Å². The number of nitrogens with two attached hydrogens (primary N) is 1. The maximum absolute atomic E-state index is 11.4. The highest BCUT2D eigenvalue weighted by Crippen LogP contribution is 2.27. The Kier molecular flexibility index (Phi) is 5.60. The van der Waals surface area contributed by atoms with Crippen molar-refractivity contribution in [3.05, 3.63) is 0 Å². The predicted molar refractivity (Wildman–Crippen MR) is 75.3 cm³/mol. The zero-order valence-electron chi connectivity index (χ0n) is 12.3. The van der Waals surface area contributed by atoms with Crippen LogP contribution in [0.25, 0.3) is 0 Å². The van der Waals surface area contributed by atoms with Gasteiger partial charge in [0, 0.05) is 12.6 Å². The van der Waals surface area contributed by atoms with E-state index in [1.54, 1.807) is 7.05 Å². The molecule has 0 aromatic carbocycles. The second-order valence-electron chi connectivity index (χ2n) is 6.10. The molecule has 3 unspecified atom stereocenters. The summed E-state index contributed by atoms with van der Waals surface area (Å²) < 4.78 is 0. The summed E-state index contributed by atoms with van der Waals surface area (Å²) in [6, 6.07) is 0.669. The van der Waals surface area contributed by atoms with Gasteiger partial charge in [-0.1, -0.05) is 19.8 Å². The van der Waals surface area contributed by atoms with Crippen molar-refractivity contribution in [1.82, 2.24) is 10.2 Å². The van der Waals surface area contributed by atoms with Crippen LogP contribution in [0.5, 0.6) is 0 Å². The molecule has 4 nitrogen and oxygen atoms in total. The molecule has 1 saturated carbocycles. The normalized spacial score (nSPS) is 28.1. The Balaban J connectivity index is 2.44. The van der Waals surface area contributed by atoms with E-state index in [0.29, 0.717) is 6.04 Å². The number of carbonyl (C=O) groups is 1. The highest BCUT2D eigenvalue weighted by atomic mass is 16.1.